The fourth-order valence-corrected chi connectivity index (χ4v) is 2.70. The highest BCUT2D eigenvalue weighted by Gasteiger charge is 2.13. The van der Waals surface area contributed by atoms with Crippen LogP contribution in [0.5, 0.6) is 0 Å². The number of hydrogen-bond acceptors (Lipinski definition) is 5. The first kappa shape index (κ1) is 18.0. The Hall–Kier alpha value is -2.32. The van der Waals surface area contributed by atoms with Crippen LogP contribution in [0.15, 0.2) is 29.8 Å². The highest BCUT2D eigenvalue weighted by Crippen LogP contribution is 2.15. The van der Waals surface area contributed by atoms with Crippen molar-refractivity contribution < 1.29 is 9.53 Å². The molecule has 0 saturated carbocycles. The van der Waals surface area contributed by atoms with Gasteiger partial charge in [-0.3, -0.25) is 4.90 Å². The number of nitriles is 1. The third-order valence-electron chi connectivity index (χ3n) is 4.15. The smallest absolute Gasteiger partial charge is 0.348 e. The molecule has 0 amide bonds. The highest BCUT2D eigenvalue weighted by atomic mass is 16.5. The van der Waals surface area contributed by atoms with Gasteiger partial charge >= 0.3 is 5.97 Å². The van der Waals surface area contributed by atoms with Crippen LogP contribution in [0.1, 0.15) is 24.8 Å². The van der Waals surface area contributed by atoms with E-state index in [-0.39, 0.29) is 5.57 Å². The summed E-state index contributed by atoms with van der Waals surface area (Å²) in [4.78, 5) is 16.3. The number of esters is 1. The highest BCUT2D eigenvalue weighted by molar-refractivity contribution is 5.97. The molecule has 1 saturated heterocycles. The van der Waals surface area contributed by atoms with Gasteiger partial charge in [-0.15, -0.1) is 0 Å². The standard InChI is InChI=1S/C19H25N3O2/c1-21(2)18-8-6-16(7-9-18)14-17(15-20)19(23)24-13-12-22-10-4-3-5-11-22/h6-9,14H,3-5,10-13H2,1-2H3/b17-14+. The Balaban J connectivity index is 1.89. The summed E-state index contributed by atoms with van der Waals surface area (Å²) in [6, 6.07) is 9.60. The molecule has 24 heavy (non-hydrogen) atoms. The van der Waals surface area contributed by atoms with Gasteiger partial charge in [0.25, 0.3) is 0 Å². The molecule has 0 N–H and O–H groups in total. The van der Waals surface area contributed by atoms with Crippen molar-refractivity contribution in [3.8, 4) is 6.07 Å². The molecular formula is C19H25N3O2. The number of likely N-dealkylation sites (tertiary alicyclic amines) is 1. The van der Waals surface area contributed by atoms with Gasteiger partial charge < -0.3 is 9.64 Å². The van der Waals surface area contributed by atoms with Crippen LogP contribution in [0.25, 0.3) is 6.08 Å². The molecule has 0 radical (unpaired) electrons. The minimum absolute atomic E-state index is 0.0336. The Labute approximate surface area is 144 Å². The lowest BCUT2D eigenvalue weighted by Gasteiger charge is -2.25. The van der Waals surface area contributed by atoms with E-state index in [1.165, 1.54) is 19.3 Å². The summed E-state index contributed by atoms with van der Waals surface area (Å²) >= 11 is 0. The van der Waals surface area contributed by atoms with Gasteiger partial charge in [0, 0.05) is 26.3 Å². The summed E-state index contributed by atoms with van der Waals surface area (Å²) in [5.41, 5.74) is 1.91. The van der Waals surface area contributed by atoms with E-state index >= 15 is 0 Å². The van der Waals surface area contributed by atoms with Crippen molar-refractivity contribution in [2.24, 2.45) is 0 Å². The summed E-state index contributed by atoms with van der Waals surface area (Å²) < 4.78 is 5.25. The monoisotopic (exact) mass is 327 g/mol. The predicted octanol–water partition coefficient (Wildman–Crippen LogP) is 2.69. The van der Waals surface area contributed by atoms with Gasteiger partial charge in [0.2, 0.25) is 0 Å². The Morgan fingerprint density at radius 1 is 1.25 bits per heavy atom. The molecule has 0 bridgehead atoms. The van der Waals surface area contributed by atoms with E-state index in [2.05, 4.69) is 4.90 Å². The Morgan fingerprint density at radius 2 is 1.92 bits per heavy atom. The van der Waals surface area contributed by atoms with Crippen LogP contribution < -0.4 is 4.90 Å². The zero-order chi connectivity index (χ0) is 17.4. The van der Waals surface area contributed by atoms with Crippen molar-refractivity contribution in [1.82, 2.24) is 4.90 Å². The molecule has 5 nitrogen and oxygen atoms in total. The van der Waals surface area contributed by atoms with Gasteiger partial charge in [-0.1, -0.05) is 18.6 Å². The second-order valence-corrected chi connectivity index (χ2v) is 6.19. The van der Waals surface area contributed by atoms with Crippen LogP contribution in [-0.4, -0.2) is 51.2 Å². The zero-order valence-corrected chi connectivity index (χ0v) is 14.5. The van der Waals surface area contributed by atoms with Crippen LogP contribution in [0.3, 0.4) is 0 Å². The maximum Gasteiger partial charge on any atom is 0.348 e. The molecule has 0 spiro atoms. The first-order valence-electron chi connectivity index (χ1n) is 8.39. The van der Waals surface area contributed by atoms with Crippen LogP contribution in [0.4, 0.5) is 5.69 Å². The molecule has 0 aromatic heterocycles. The summed E-state index contributed by atoms with van der Waals surface area (Å²) in [6.45, 7) is 3.20. The van der Waals surface area contributed by atoms with E-state index in [0.29, 0.717) is 6.61 Å². The summed E-state index contributed by atoms with van der Waals surface area (Å²) in [5, 5.41) is 9.21. The third-order valence-corrected chi connectivity index (χ3v) is 4.15. The molecule has 0 aliphatic carbocycles. The average Bonchev–Trinajstić information content (AvgIpc) is 2.60. The quantitative estimate of drug-likeness (QED) is 0.457. The predicted molar refractivity (Wildman–Crippen MR) is 95.6 cm³/mol. The van der Waals surface area contributed by atoms with Gasteiger partial charge in [-0.25, -0.2) is 4.79 Å². The first-order chi connectivity index (χ1) is 11.6. The second kappa shape index (κ2) is 9.09. The van der Waals surface area contributed by atoms with Crippen LogP contribution in [-0.2, 0) is 9.53 Å². The average molecular weight is 327 g/mol. The molecule has 5 heteroatoms. The minimum atomic E-state index is -0.550. The molecule has 0 atom stereocenters. The number of piperidine rings is 1. The molecule has 1 fully saturated rings. The molecule has 2 rings (SSSR count). The van der Waals surface area contributed by atoms with Crippen molar-refractivity contribution in [2.45, 2.75) is 19.3 Å². The Bertz CT molecular complexity index is 608. The van der Waals surface area contributed by atoms with Gasteiger partial charge in [0.05, 0.1) is 0 Å². The first-order valence-corrected chi connectivity index (χ1v) is 8.39. The summed E-state index contributed by atoms with van der Waals surface area (Å²) in [7, 11) is 3.93. The second-order valence-electron chi connectivity index (χ2n) is 6.19. The molecule has 1 aliphatic heterocycles. The van der Waals surface area contributed by atoms with Gasteiger partial charge in [0.15, 0.2) is 0 Å². The largest absolute Gasteiger partial charge is 0.460 e. The van der Waals surface area contributed by atoms with Crippen molar-refractivity contribution in [3.63, 3.8) is 0 Å². The fourth-order valence-electron chi connectivity index (χ4n) is 2.70. The van der Waals surface area contributed by atoms with Crippen LogP contribution in [0, 0.1) is 11.3 Å². The number of carbonyl (C=O) groups is 1. The molecule has 0 unspecified atom stereocenters. The number of hydrogen-bond donors (Lipinski definition) is 0. The molecule has 1 heterocycles. The van der Waals surface area contributed by atoms with Gasteiger partial charge in [-0.2, -0.15) is 5.26 Å². The van der Waals surface area contributed by atoms with E-state index in [9.17, 15) is 10.1 Å². The fraction of sp³-hybridized carbons (Fsp3) is 0.474. The van der Waals surface area contributed by atoms with E-state index in [1.54, 1.807) is 6.08 Å². The van der Waals surface area contributed by atoms with E-state index in [0.717, 1.165) is 30.9 Å². The zero-order valence-electron chi connectivity index (χ0n) is 14.5. The van der Waals surface area contributed by atoms with Crippen LogP contribution >= 0.6 is 0 Å². The normalized spacial score (nSPS) is 15.6. The number of anilines is 1. The van der Waals surface area contributed by atoms with E-state index < -0.39 is 5.97 Å². The topological polar surface area (TPSA) is 56.6 Å². The van der Waals surface area contributed by atoms with Gasteiger partial charge in [0.1, 0.15) is 18.2 Å². The Morgan fingerprint density at radius 3 is 2.50 bits per heavy atom. The summed E-state index contributed by atoms with van der Waals surface area (Å²) in [6.07, 6.45) is 5.27. The lowest BCUT2D eigenvalue weighted by Crippen LogP contribution is -2.33. The lowest BCUT2D eigenvalue weighted by molar-refractivity contribution is -0.138. The SMILES string of the molecule is CN(C)c1ccc(/C=C(\C#N)C(=O)OCCN2CCCCC2)cc1. The number of ether oxygens (including phenoxy) is 1. The van der Waals surface area contributed by atoms with Gasteiger partial charge in [-0.05, 0) is 49.7 Å². The van der Waals surface area contributed by atoms with Crippen molar-refractivity contribution in [2.75, 3.05) is 45.2 Å². The maximum absolute atomic E-state index is 12.1. The lowest BCUT2D eigenvalue weighted by atomic mass is 10.1. The maximum atomic E-state index is 12.1. The number of nitrogens with zero attached hydrogens (tertiary/aromatic N) is 3. The third kappa shape index (κ3) is 5.39. The molecule has 1 aromatic carbocycles. The Kier molecular flexibility index (Phi) is 6.83. The number of rotatable bonds is 6. The number of carbonyl (C=O) groups excluding carboxylic acids is 1. The van der Waals surface area contributed by atoms with Crippen LogP contribution in [0.2, 0.25) is 0 Å². The van der Waals surface area contributed by atoms with Crippen molar-refractivity contribution >= 4 is 17.7 Å². The van der Waals surface area contributed by atoms with E-state index in [4.69, 9.17) is 4.74 Å². The van der Waals surface area contributed by atoms with Crippen molar-refractivity contribution in [3.05, 3.63) is 35.4 Å². The molecule has 1 aliphatic rings. The molecule has 1 aromatic rings. The molecular weight excluding hydrogens is 302 g/mol. The van der Waals surface area contributed by atoms with Crippen molar-refractivity contribution in [1.29, 1.82) is 5.26 Å². The minimum Gasteiger partial charge on any atom is -0.460 e. The number of benzene rings is 1. The van der Waals surface area contributed by atoms with E-state index in [1.807, 2.05) is 49.3 Å². The summed E-state index contributed by atoms with van der Waals surface area (Å²) in [5.74, 6) is -0.550. The molecule has 128 valence electrons.